The number of rotatable bonds is 8. The summed E-state index contributed by atoms with van der Waals surface area (Å²) in [4.78, 5) is 0. The van der Waals surface area contributed by atoms with Crippen molar-refractivity contribution in [3.8, 4) is 11.5 Å². The zero-order chi connectivity index (χ0) is 13.4. The monoisotopic (exact) mass is 273 g/mol. The summed E-state index contributed by atoms with van der Waals surface area (Å²) in [6.45, 7) is 1.95. The van der Waals surface area contributed by atoms with Crippen molar-refractivity contribution in [2.24, 2.45) is 0 Å². The number of hydrogen-bond donors (Lipinski definition) is 1. The number of halogens is 1. The predicted octanol–water partition coefficient (Wildman–Crippen LogP) is 2.48. The van der Waals surface area contributed by atoms with E-state index >= 15 is 0 Å². The zero-order valence-electron chi connectivity index (χ0n) is 11.1. The Labute approximate surface area is 113 Å². The molecule has 0 saturated carbocycles. The molecule has 1 rings (SSSR count). The number of methoxy groups -OCH3 is 2. The quantitative estimate of drug-likeness (QED) is 0.739. The Hall–Kier alpha value is -0.970. The molecule has 0 aliphatic heterocycles. The molecule has 5 heteroatoms. The molecule has 0 amide bonds. The van der Waals surface area contributed by atoms with E-state index in [0.717, 1.165) is 18.5 Å². The molecule has 0 aliphatic rings. The minimum atomic E-state index is 0.551. The third kappa shape index (κ3) is 4.37. The first kappa shape index (κ1) is 15.1. The Morgan fingerprint density at radius 1 is 1.22 bits per heavy atom. The van der Waals surface area contributed by atoms with Crippen LogP contribution in [0.5, 0.6) is 11.5 Å². The van der Waals surface area contributed by atoms with E-state index < -0.39 is 0 Å². The van der Waals surface area contributed by atoms with Crippen molar-refractivity contribution in [2.45, 2.75) is 13.0 Å². The Balaban J connectivity index is 2.76. The molecular formula is C13H20ClNO3. The summed E-state index contributed by atoms with van der Waals surface area (Å²) < 4.78 is 15.9. The van der Waals surface area contributed by atoms with Gasteiger partial charge in [0.2, 0.25) is 0 Å². The van der Waals surface area contributed by atoms with Gasteiger partial charge in [-0.1, -0.05) is 11.6 Å². The molecular weight excluding hydrogens is 254 g/mol. The average molecular weight is 274 g/mol. The van der Waals surface area contributed by atoms with Gasteiger partial charge in [0.15, 0.2) is 11.5 Å². The van der Waals surface area contributed by atoms with Crippen LogP contribution in [-0.2, 0) is 11.3 Å². The minimum absolute atomic E-state index is 0.551. The van der Waals surface area contributed by atoms with Crippen LogP contribution in [0.3, 0.4) is 0 Å². The Bertz CT molecular complexity index is 371. The zero-order valence-corrected chi connectivity index (χ0v) is 11.8. The Kier molecular flexibility index (Phi) is 6.86. The van der Waals surface area contributed by atoms with Crippen LogP contribution in [-0.4, -0.2) is 34.5 Å². The van der Waals surface area contributed by atoms with E-state index in [4.69, 9.17) is 25.8 Å². The van der Waals surface area contributed by atoms with Gasteiger partial charge in [-0.2, -0.15) is 0 Å². The maximum Gasteiger partial charge on any atom is 0.179 e. The Morgan fingerprint density at radius 2 is 2.00 bits per heavy atom. The highest BCUT2D eigenvalue weighted by Gasteiger charge is 2.11. The first-order valence-corrected chi connectivity index (χ1v) is 6.23. The van der Waals surface area contributed by atoms with Gasteiger partial charge in [0.05, 0.1) is 18.7 Å². The summed E-state index contributed by atoms with van der Waals surface area (Å²) in [5.74, 6) is 1.25. The number of hydrogen-bond acceptors (Lipinski definition) is 4. The third-order valence-electron chi connectivity index (χ3n) is 2.41. The van der Waals surface area contributed by atoms with E-state index in [1.807, 2.05) is 19.2 Å². The molecule has 102 valence electrons. The first-order valence-electron chi connectivity index (χ1n) is 5.85. The molecule has 1 aromatic carbocycles. The fourth-order valence-electron chi connectivity index (χ4n) is 1.60. The summed E-state index contributed by atoms with van der Waals surface area (Å²) in [6, 6.07) is 3.81. The van der Waals surface area contributed by atoms with Crippen LogP contribution in [0.2, 0.25) is 5.02 Å². The van der Waals surface area contributed by atoms with Crippen molar-refractivity contribution in [1.82, 2.24) is 5.32 Å². The Morgan fingerprint density at radius 3 is 2.61 bits per heavy atom. The molecule has 0 fully saturated rings. The van der Waals surface area contributed by atoms with E-state index in [2.05, 4.69) is 5.32 Å². The lowest BCUT2D eigenvalue weighted by Crippen LogP contribution is -2.07. The molecule has 0 radical (unpaired) electrons. The van der Waals surface area contributed by atoms with Gasteiger partial charge in [0, 0.05) is 26.7 Å². The van der Waals surface area contributed by atoms with Gasteiger partial charge in [0.25, 0.3) is 0 Å². The summed E-state index contributed by atoms with van der Waals surface area (Å²) in [5, 5.41) is 3.64. The van der Waals surface area contributed by atoms with Gasteiger partial charge >= 0.3 is 0 Å². The van der Waals surface area contributed by atoms with Crippen molar-refractivity contribution >= 4 is 11.6 Å². The second-order valence-electron chi connectivity index (χ2n) is 3.83. The van der Waals surface area contributed by atoms with Gasteiger partial charge < -0.3 is 19.5 Å². The van der Waals surface area contributed by atoms with E-state index in [1.165, 1.54) is 0 Å². The molecule has 0 unspecified atom stereocenters. The van der Waals surface area contributed by atoms with Crippen LogP contribution < -0.4 is 14.8 Å². The van der Waals surface area contributed by atoms with Crippen molar-refractivity contribution in [1.29, 1.82) is 0 Å². The predicted molar refractivity (Wildman–Crippen MR) is 72.8 cm³/mol. The normalized spacial score (nSPS) is 10.4. The van der Waals surface area contributed by atoms with Crippen LogP contribution in [0.4, 0.5) is 0 Å². The van der Waals surface area contributed by atoms with Crippen molar-refractivity contribution in [2.75, 3.05) is 34.5 Å². The molecule has 1 N–H and O–H groups in total. The second-order valence-corrected chi connectivity index (χ2v) is 4.24. The molecule has 0 aliphatic carbocycles. The minimum Gasteiger partial charge on any atom is -0.493 e. The molecule has 0 atom stereocenters. The molecule has 0 saturated heterocycles. The van der Waals surface area contributed by atoms with Crippen molar-refractivity contribution < 1.29 is 14.2 Å². The van der Waals surface area contributed by atoms with E-state index in [-0.39, 0.29) is 0 Å². The van der Waals surface area contributed by atoms with Crippen LogP contribution in [0.25, 0.3) is 0 Å². The standard InChI is InChI=1S/C13H20ClNO3/c1-15-9-10-7-11(14)13(12(8-10)17-3)18-6-4-5-16-2/h7-8,15H,4-6,9H2,1-3H3. The second kappa shape index (κ2) is 8.19. The van der Waals surface area contributed by atoms with E-state index in [9.17, 15) is 0 Å². The summed E-state index contributed by atoms with van der Waals surface area (Å²) >= 11 is 6.20. The molecule has 0 heterocycles. The van der Waals surface area contributed by atoms with Crippen LogP contribution in [0.15, 0.2) is 12.1 Å². The maximum atomic E-state index is 6.20. The lowest BCUT2D eigenvalue weighted by Gasteiger charge is -2.14. The smallest absolute Gasteiger partial charge is 0.179 e. The molecule has 4 nitrogen and oxygen atoms in total. The lowest BCUT2D eigenvalue weighted by molar-refractivity contribution is 0.170. The highest BCUT2D eigenvalue weighted by atomic mass is 35.5. The average Bonchev–Trinajstić information content (AvgIpc) is 2.36. The largest absolute Gasteiger partial charge is 0.493 e. The topological polar surface area (TPSA) is 39.7 Å². The molecule has 0 bridgehead atoms. The number of nitrogens with one attached hydrogen (secondary N) is 1. The van der Waals surface area contributed by atoms with Crippen LogP contribution >= 0.6 is 11.6 Å². The SMILES string of the molecule is CNCc1cc(Cl)c(OCCCOC)c(OC)c1. The molecule has 1 aromatic rings. The van der Waals surface area contributed by atoms with Crippen molar-refractivity contribution in [3.05, 3.63) is 22.7 Å². The summed E-state index contributed by atoms with van der Waals surface area (Å²) in [6.07, 6.45) is 0.814. The number of benzene rings is 1. The fraction of sp³-hybridized carbons (Fsp3) is 0.538. The first-order chi connectivity index (χ1) is 8.72. The maximum absolute atomic E-state index is 6.20. The van der Waals surface area contributed by atoms with E-state index in [1.54, 1.807) is 14.2 Å². The fourth-order valence-corrected chi connectivity index (χ4v) is 1.88. The van der Waals surface area contributed by atoms with Gasteiger partial charge in [-0.05, 0) is 24.7 Å². The highest BCUT2D eigenvalue weighted by Crippen LogP contribution is 2.36. The van der Waals surface area contributed by atoms with Crippen LogP contribution in [0.1, 0.15) is 12.0 Å². The molecule has 18 heavy (non-hydrogen) atoms. The van der Waals surface area contributed by atoms with Gasteiger partial charge in [0.1, 0.15) is 0 Å². The summed E-state index contributed by atoms with van der Waals surface area (Å²) in [5.41, 5.74) is 1.06. The van der Waals surface area contributed by atoms with Crippen LogP contribution in [0, 0.1) is 0 Å². The van der Waals surface area contributed by atoms with Gasteiger partial charge in [-0.3, -0.25) is 0 Å². The van der Waals surface area contributed by atoms with Gasteiger partial charge in [-0.15, -0.1) is 0 Å². The number of ether oxygens (including phenoxy) is 3. The third-order valence-corrected chi connectivity index (χ3v) is 2.69. The highest BCUT2D eigenvalue weighted by molar-refractivity contribution is 6.32. The lowest BCUT2D eigenvalue weighted by atomic mass is 10.2. The van der Waals surface area contributed by atoms with Gasteiger partial charge in [-0.25, -0.2) is 0 Å². The summed E-state index contributed by atoms with van der Waals surface area (Å²) in [7, 11) is 5.16. The molecule has 0 aromatic heterocycles. The molecule has 0 spiro atoms. The van der Waals surface area contributed by atoms with Crippen molar-refractivity contribution in [3.63, 3.8) is 0 Å². The van der Waals surface area contributed by atoms with E-state index in [0.29, 0.717) is 29.7 Å².